The summed E-state index contributed by atoms with van der Waals surface area (Å²) < 4.78 is 20.9. The van der Waals surface area contributed by atoms with Gasteiger partial charge in [-0.2, -0.15) is 0 Å². The SMILES string of the molecule is CN(C)P1(=S)OCC2OC(n3cnc4c(N)ncnc43)C(O)C2O1. The van der Waals surface area contributed by atoms with Crippen molar-refractivity contribution < 1.29 is 18.9 Å². The van der Waals surface area contributed by atoms with Gasteiger partial charge < -0.3 is 24.6 Å². The normalized spacial score (nSPS) is 36.3. The van der Waals surface area contributed by atoms with Crippen molar-refractivity contribution in [3.63, 3.8) is 0 Å². The van der Waals surface area contributed by atoms with E-state index in [1.54, 1.807) is 23.3 Å². The Hall–Kier alpha value is -1.20. The van der Waals surface area contributed by atoms with Gasteiger partial charge in [-0.1, -0.05) is 0 Å². The summed E-state index contributed by atoms with van der Waals surface area (Å²) in [5.41, 5.74) is 6.74. The molecule has 0 aromatic carbocycles. The van der Waals surface area contributed by atoms with Crippen LogP contribution < -0.4 is 5.73 Å². The monoisotopic (exact) mass is 372 g/mol. The molecule has 4 heterocycles. The number of rotatable bonds is 2. The highest BCUT2D eigenvalue weighted by Gasteiger charge is 2.52. The summed E-state index contributed by atoms with van der Waals surface area (Å²) in [6.45, 7) is -2.33. The number of ether oxygens (including phenoxy) is 1. The van der Waals surface area contributed by atoms with Crippen molar-refractivity contribution in [1.29, 1.82) is 0 Å². The van der Waals surface area contributed by atoms with Crippen LogP contribution in [-0.4, -0.2) is 68.3 Å². The number of nitrogens with two attached hydrogens (primary N) is 1. The van der Waals surface area contributed by atoms with E-state index in [2.05, 4.69) is 15.0 Å². The Bertz CT molecular complexity index is 831. The third kappa shape index (κ3) is 2.36. The molecule has 0 bridgehead atoms. The van der Waals surface area contributed by atoms with Crippen LogP contribution in [-0.2, 0) is 25.6 Å². The van der Waals surface area contributed by atoms with Gasteiger partial charge in [0.1, 0.15) is 30.2 Å². The Morgan fingerprint density at radius 3 is 2.96 bits per heavy atom. The van der Waals surface area contributed by atoms with E-state index in [-0.39, 0.29) is 12.4 Å². The molecule has 2 aliphatic heterocycles. The van der Waals surface area contributed by atoms with Gasteiger partial charge in [0, 0.05) is 0 Å². The van der Waals surface area contributed by atoms with Crippen molar-refractivity contribution in [3.8, 4) is 0 Å². The Kier molecular flexibility index (Phi) is 3.84. The maximum absolute atomic E-state index is 10.7. The number of aromatic nitrogens is 4. The second kappa shape index (κ2) is 5.67. The average molecular weight is 372 g/mol. The summed E-state index contributed by atoms with van der Waals surface area (Å²) in [5, 5.41) is 10.7. The molecule has 2 aliphatic rings. The highest BCUT2D eigenvalue weighted by atomic mass is 32.5. The van der Waals surface area contributed by atoms with Crippen LogP contribution in [0.15, 0.2) is 12.7 Å². The van der Waals surface area contributed by atoms with Crippen molar-refractivity contribution in [2.75, 3.05) is 26.4 Å². The van der Waals surface area contributed by atoms with Crippen LogP contribution in [0.4, 0.5) is 5.82 Å². The summed E-state index contributed by atoms with van der Waals surface area (Å²) in [6, 6.07) is 0. The fourth-order valence-electron chi connectivity index (χ4n) is 2.83. The Balaban J connectivity index is 1.67. The largest absolute Gasteiger partial charge is 0.386 e. The smallest absolute Gasteiger partial charge is 0.263 e. The van der Waals surface area contributed by atoms with Gasteiger partial charge in [0.05, 0.1) is 12.9 Å². The molecule has 24 heavy (non-hydrogen) atoms. The van der Waals surface area contributed by atoms with Gasteiger partial charge in [-0.3, -0.25) is 4.57 Å². The van der Waals surface area contributed by atoms with Gasteiger partial charge in [-0.15, -0.1) is 0 Å². The summed E-state index contributed by atoms with van der Waals surface area (Å²) >= 11 is 5.46. The van der Waals surface area contributed by atoms with Crippen LogP contribution in [0, 0.1) is 0 Å². The van der Waals surface area contributed by atoms with E-state index < -0.39 is 31.2 Å². The zero-order valence-electron chi connectivity index (χ0n) is 13.0. The lowest BCUT2D eigenvalue weighted by atomic mass is 10.1. The molecule has 4 rings (SSSR count). The molecule has 5 atom stereocenters. The number of aliphatic hydroxyl groups excluding tert-OH is 1. The fourth-order valence-corrected chi connectivity index (χ4v) is 4.70. The van der Waals surface area contributed by atoms with Crippen LogP contribution in [0.25, 0.3) is 11.2 Å². The van der Waals surface area contributed by atoms with Crippen LogP contribution in [0.5, 0.6) is 0 Å². The van der Waals surface area contributed by atoms with E-state index in [1.165, 1.54) is 12.7 Å². The predicted octanol–water partition coefficient (Wildman–Crippen LogP) is -0.132. The third-order valence-corrected chi connectivity index (χ3v) is 7.64. The van der Waals surface area contributed by atoms with Crippen molar-refractivity contribution in [1.82, 2.24) is 24.2 Å². The Morgan fingerprint density at radius 1 is 1.42 bits per heavy atom. The highest BCUT2D eigenvalue weighted by Crippen LogP contribution is 2.57. The number of nitrogens with zero attached hydrogens (tertiary/aromatic N) is 5. The van der Waals surface area contributed by atoms with E-state index in [0.29, 0.717) is 11.2 Å². The van der Waals surface area contributed by atoms with Crippen LogP contribution in [0.2, 0.25) is 0 Å². The Labute approximate surface area is 142 Å². The summed E-state index contributed by atoms with van der Waals surface area (Å²) in [6.07, 6.45) is 0.215. The molecular weight excluding hydrogens is 355 g/mol. The molecule has 2 aromatic heterocycles. The number of anilines is 1. The topological polar surface area (TPSA) is 121 Å². The molecule has 130 valence electrons. The minimum Gasteiger partial charge on any atom is -0.386 e. The first-order valence-corrected chi connectivity index (χ1v) is 9.87. The standard InChI is InChI=1S/C12H17N6O4PS/c1-17(2)23(24)20-3-6-9(22-23)8(19)12(21-6)18-5-16-7-10(13)14-4-15-11(7)18/h4-6,8-9,12,19H,3H2,1-2H3,(H2,13,14,15). The van der Waals surface area contributed by atoms with Gasteiger partial charge in [-0.05, 0) is 25.9 Å². The van der Waals surface area contributed by atoms with E-state index >= 15 is 0 Å². The molecule has 5 unspecified atom stereocenters. The zero-order chi connectivity index (χ0) is 17.1. The van der Waals surface area contributed by atoms with Crippen molar-refractivity contribution >= 4 is 35.4 Å². The second-order valence-corrected chi connectivity index (χ2v) is 9.41. The predicted molar refractivity (Wildman–Crippen MR) is 88.4 cm³/mol. The van der Waals surface area contributed by atoms with Gasteiger partial charge in [-0.25, -0.2) is 19.6 Å². The molecule has 12 heteroatoms. The number of imidazole rings is 1. The van der Waals surface area contributed by atoms with E-state index in [4.69, 9.17) is 31.3 Å². The van der Waals surface area contributed by atoms with Crippen molar-refractivity contribution in [3.05, 3.63) is 12.7 Å². The van der Waals surface area contributed by atoms with Crippen molar-refractivity contribution in [2.24, 2.45) is 0 Å². The zero-order valence-corrected chi connectivity index (χ0v) is 14.7. The van der Waals surface area contributed by atoms with E-state index in [1.807, 2.05) is 0 Å². The molecule has 0 aliphatic carbocycles. The van der Waals surface area contributed by atoms with Gasteiger partial charge in [0.15, 0.2) is 17.7 Å². The minimum absolute atomic E-state index is 0.261. The van der Waals surface area contributed by atoms with Gasteiger partial charge in [0.25, 0.3) is 6.64 Å². The number of aliphatic hydroxyl groups is 1. The first-order valence-electron chi connectivity index (χ1n) is 7.28. The summed E-state index contributed by atoms with van der Waals surface area (Å²) in [7, 11) is 3.59. The fraction of sp³-hybridized carbons (Fsp3) is 0.583. The van der Waals surface area contributed by atoms with Crippen LogP contribution in [0.1, 0.15) is 6.23 Å². The molecule has 0 radical (unpaired) electrons. The maximum Gasteiger partial charge on any atom is 0.263 e. The molecular formula is C12H17N6O4PS. The average Bonchev–Trinajstić information content (AvgIpc) is 3.10. The molecule has 2 fully saturated rings. The third-order valence-electron chi connectivity index (χ3n) is 4.12. The highest BCUT2D eigenvalue weighted by molar-refractivity contribution is 8.08. The second-order valence-electron chi connectivity index (χ2n) is 5.82. The Morgan fingerprint density at radius 2 is 2.21 bits per heavy atom. The van der Waals surface area contributed by atoms with Crippen LogP contribution >= 0.6 is 6.64 Å². The maximum atomic E-state index is 10.7. The molecule has 0 amide bonds. The summed E-state index contributed by atoms with van der Waals surface area (Å²) in [4.78, 5) is 12.3. The first-order chi connectivity index (χ1) is 11.4. The van der Waals surface area contributed by atoms with E-state index in [0.717, 1.165) is 0 Å². The van der Waals surface area contributed by atoms with Gasteiger partial charge in [0.2, 0.25) is 0 Å². The minimum atomic E-state index is -2.60. The quantitative estimate of drug-likeness (QED) is 0.690. The lowest BCUT2D eigenvalue weighted by Gasteiger charge is -2.37. The molecule has 2 aromatic rings. The number of hydrogen-bond acceptors (Lipinski definition) is 9. The molecule has 3 N–H and O–H groups in total. The number of hydrogen-bond donors (Lipinski definition) is 2. The molecule has 0 spiro atoms. The lowest BCUT2D eigenvalue weighted by Crippen LogP contribution is -2.41. The van der Waals surface area contributed by atoms with Crippen LogP contribution in [0.3, 0.4) is 0 Å². The van der Waals surface area contributed by atoms with Gasteiger partial charge >= 0.3 is 0 Å². The summed E-state index contributed by atoms with van der Waals surface area (Å²) in [5.74, 6) is 0.270. The molecule has 0 saturated carbocycles. The number of nitrogen functional groups attached to an aromatic ring is 1. The molecule has 2 saturated heterocycles. The first kappa shape index (κ1) is 16.3. The molecule has 10 nitrogen and oxygen atoms in total. The lowest BCUT2D eigenvalue weighted by molar-refractivity contribution is -0.0569. The number of fused-ring (bicyclic) bond motifs is 2. The van der Waals surface area contributed by atoms with Crippen molar-refractivity contribution in [2.45, 2.75) is 24.5 Å². The van der Waals surface area contributed by atoms with E-state index in [9.17, 15) is 5.11 Å².